The maximum absolute atomic E-state index is 10.7. The van der Waals surface area contributed by atoms with Crippen molar-refractivity contribution in [3.05, 3.63) is 24.8 Å². The zero-order valence-electron chi connectivity index (χ0n) is 8.40. The van der Waals surface area contributed by atoms with Gasteiger partial charge in [-0.05, 0) is 0 Å². The molecule has 0 fully saturated rings. The summed E-state index contributed by atoms with van der Waals surface area (Å²) in [5.41, 5.74) is -5.53. The average molecular weight is 288 g/mol. The van der Waals surface area contributed by atoms with Crippen LogP contribution >= 0.6 is 0 Å². The lowest BCUT2D eigenvalue weighted by Gasteiger charge is -1.97. The average Bonchev–Trinajstić information content (AvgIpc) is 2.95. The van der Waals surface area contributed by atoms with Crippen LogP contribution in [0.2, 0.25) is 0 Å². The molecule has 0 aliphatic rings. The van der Waals surface area contributed by atoms with E-state index in [0.29, 0.717) is 0 Å². The highest BCUT2D eigenvalue weighted by Crippen LogP contribution is 2.20. The summed E-state index contributed by atoms with van der Waals surface area (Å²) in [4.78, 5) is 0. The predicted molar refractivity (Wildman–Crippen MR) is 50.4 cm³/mol. The minimum atomic E-state index is -5.84. The third-order valence-electron chi connectivity index (χ3n) is 0.955. The molecule has 2 aromatic heterocycles. The first-order chi connectivity index (χ1) is 8.25. The first-order valence-electron chi connectivity index (χ1n) is 3.88. The van der Waals surface area contributed by atoms with Crippen molar-refractivity contribution in [1.29, 1.82) is 0 Å². The van der Waals surface area contributed by atoms with Gasteiger partial charge in [-0.15, -0.1) is 0 Å². The molecule has 0 spiro atoms. The van der Waals surface area contributed by atoms with E-state index in [0.717, 1.165) is 0 Å². The van der Waals surface area contributed by atoms with E-state index in [2.05, 4.69) is 30.8 Å². The van der Waals surface area contributed by atoms with Gasteiger partial charge in [0.1, 0.15) is 0 Å². The van der Waals surface area contributed by atoms with Crippen molar-refractivity contribution < 1.29 is 26.1 Å². The van der Waals surface area contributed by atoms with Crippen molar-refractivity contribution in [2.75, 3.05) is 0 Å². The Balaban J connectivity index is 0.000000250. The highest BCUT2D eigenvalue weighted by molar-refractivity contribution is 7.86. The molecular weight excluding hydrogens is 281 g/mol. The van der Waals surface area contributed by atoms with Crippen LogP contribution in [0, 0.1) is 0 Å². The first-order valence-corrected chi connectivity index (χ1v) is 5.32. The lowest BCUT2D eigenvalue weighted by atomic mass is 11.0. The Bertz CT molecular complexity index is 420. The standard InChI is InChI=1S/2C2H3N3.CHF3O3S/c2*1-2-4-5-3-1;2-1(3,4)8(5,6)7/h2*1-2H,(H,3,4,5);(H,5,6,7). The van der Waals surface area contributed by atoms with Crippen LogP contribution < -0.4 is 0 Å². The molecule has 102 valence electrons. The summed E-state index contributed by atoms with van der Waals surface area (Å²) in [6, 6.07) is 0. The molecule has 0 amide bonds. The Morgan fingerprint density at radius 3 is 1.17 bits per heavy atom. The van der Waals surface area contributed by atoms with E-state index >= 15 is 0 Å². The normalized spacial score (nSPS) is 10.7. The van der Waals surface area contributed by atoms with Gasteiger partial charge in [0.25, 0.3) is 0 Å². The van der Waals surface area contributed by atoms with Crippen LogP contribution in [0.15, 0.2) is 24.8 Å². The summed E-state index contributed by atoms with van der Waals surface area (Å²) < 4.78 is 57.5. The summed E-state index contributed by atoms with van der Waals surface area (Å²) in [5.74, 6) is 0. The second-order valence-electron chi connectivity index (χ2n) is 2.23. The fourth-order valence-electron chi connectivity index (χ4n) is 0.333. The Labute approximate surface area is 98.2 Å². The third kappa shape index (κ3) is 8.17. The van der Waals surface area contributed by atoms with Gasteiger partial charge in [0.05, 0.1) is 24.8 Å². The number of aromatic amines is 2. The largest absolute Gasteiger partial charge is 0.522 e. The molecule has 0 bridgehead atoms. The molecule has 0 atom stereocenters. The Morgan fingerprint density at radius 1 is 0.889 bits per heavy atom. The quantitative estimate of drug-likeness (QED) is 0.458. The third-order valence-corrected chi connectivity index (χ3v) is 1.54. The molecule has 3 N–H and O–H groups in total. The van der Waals surface area contributed by atoms with Crippen LogP contribution in [0.1, 0.15) is 0 Å². The minimum absolute atomic E-state index is 1.58. The van der Waals surface area contributed by atoms with Gasteiger partial charge < -0.3 is 0 Å². The molecule has 0 saturated carbocycles. The lowest BCUT2D eigenvalue weighted by molar-refractivity contribution is -0.0510. The molecule has 0 aliphatic heterocycles. The topological polar surface area (TPSA) is 138 Å². The number of nitrogens with one attached hydrogen (secondary N) is 2. The van der Waals surface area contributed by atoms with Crippen LogP contribution in [0.5, 0.6) is 0 Å². The van der Waals surface area contributed by atoms with E-state index in [1.54, 1.807) is 24.8 Å². The van der Waals surface area contributed by atoms with Gasteiger partial charge in [-0.2, -0.15) is 52.4 Å². The summed E-state index contributed by atoms with van der Waals surface area (Å²) in [6.07, 6.45) is 6.33. The first kappa shape index (κ1) is 16.0. The maximum atomic E-state index is 10.7. The number of rotatable bonds is 0. The molecular formula is C5H7F3N6O3S. The predicted octanol–water partition coefficient (Wildman–Crippen LogP) is 0.00340. The molecule has 0 radical (unpaired) electrons. The molecule has 0 saturated heterocycles. The second-order valence-corrected chi connectivity index (χ2v) is 3.65. The summed E-state index contributed by atoms with van der Waals surface area (Å²) in [5, 5.41) is 18.7. The number of hydrogen-bond donors (Lipinski definition) is 3. The van der Waals surface area contributed by atoms with E-state index < -0.39 is 15.6 Å². The van der Waals surface area contributed by atoms with Crippen molar-refractivity contribution in [2.45, 2.75) is 5.51 Å². The van der Waals surface area contributed by atoms with Crippen LogP contribution in [-0.4, -0.2) is 49.3 Å². The van der Waals surface area contributed by atoms with Crippen LogP contribution in [0.4, 0.5) is 13.2 Å². The number of halogens is 3. The highest BCUT2D eigenvalue weighted by Gasteiger charge is 2.44. The zero-order valence-corrected chi connectivity index (χ0v) is 9.22. The van der Waals surface area contributed by atoms with E-state index in [4.69, 9.17) is 13.0 Å². The number of nitrogens with zero attached hydrogens (tertiary/aromatic N) is 4. The fourth-order valence-corrected chi connectivity index (χ4v) is 0.333. The Kier molecular flexibility index (Phi) is 6.51. The van der Waals surface area contributed by atoms with Gasteiger partial charge in [0.15, 0.2) is 0 Å². The number of hydrogen-bond acceptors (Lipinski definition) is 6. The van der Waals surface area contributed by atoms with Crippen LogP contribution in [-0.2, 0) is 10.1 Å². The fraction of sp³-hybridized carbons (Fsp3) is 0.200. The summed E-state index contributed by atoms with van der Waals surface area (Å²) >= 11 is 0. The van der Waals surface area contributed by atoms with Gasteiger partial charge in [0.2, 0.25) is 0 Å². The molecule has 0 aromatic carbocycles. The number of H-pyrrole nitrogens is 2. The zero-order chi connectivity index (χ0) is 14.1. The Hall–Kier alpha value is -2.02. The monoisotopic (exact) mass is 288 g/mol. The smallest absolute Gasteiger partial charge is 0.279 e. The minimum Gasteiger partial charge on any atom is -0.279 e. The van der Waals surface area contributed by atoms with Crippen molar-refractivity contribution in [2.24, 2.45) is 0 Å². The molecule has 2 rings (SSSR count). The molecule has 13 heteroatoms. The van der Waals surface area contributed by atoms with Crippen molar-refractivity contribution >= 4 is 10.1 Å². The molecule has 9 nitrogen and oxygen atoms in total. The summed E-state index contributed by atoms with van der Waals surface area (Å²) in [7, 11) is -5.84. The highest BCUT2D eigenvalue weighted by atomic mass is 32.2. The van der Waals surface area contributed by atoms with Crippen molar-refractivity contribution in [1.82, 2.24) is 30.8 Å². The van der Waals surface area contributed by atoms with E-state index in [1.165, 1.54) is 0 Å². The van der Waals surface area contributed by atoms with Gasteiger partial charge in [-0.25, -0.2) is 0 Å². The van der Waals surface area contributed by atoms with Gasteiger partial charge in [-0.3, -0.25) is 4.55 Å². The van der Waals surface area contributed by atoms with Crippen LogP contribution in [0.25, 0.3) is 0 Å². The molecule has 18 heavy (non-hydrogen) atoms. The lowest BCUT2D eigenvalue weighted by Crippen LogP contribution is -2.21. The summed E-state index contributed by atoms with van der Waals surface area (Å²) in [6.45, 7) is 0. The van der Waals surface area contributed by atoms with Gasteiger partial charge in [-0.1, -0.05) is 0 Å². The molecule has 2 aromatic rings. The number of alkyl halides is 3. The molecule has 2 heterocycles. The molecule has 0 unspecified atom stereocenters. The van der Waals surface area contributed by atoms with E-state index in [9.17, 15) is 13.2 Å². The van der Waals surface area contributed by atoms with E-state index in [-0.39, 0.29) is 0 Å². The SMILES string of the molecule is O=S(=O)(O)C(F)(F)F.c1cn[nH]n1.c1cn[nH]n1. The maximum Gasteiger partial charge on any atom is 0.522 e. The molecule has 0 aliphatic carbocycles. The Morgan fingerprint density at radius 2 is 1.11 bits per heavy atom. The van der Waals surface area contributed by atoms with E-state index in [1.807, 2.05) is 0 Å². The second kappa shape index (κ2) is 7.33. The van der Waals surface area contributed by atoms with Gasteiger partial charge >= 0.3 is 15.6 Å². The van der Waals surface area contributed by atoms with Crippen molar-refractivity contribution in [3.63, 3.8) is 0 Å². The van der Waals surface area contributed by atoms with Gasteiger partial charge in [0, 0.05) is 0 Å². The van der Waals surface area contributed by atoms with Crippen molar-refractivity contribution in [3.8, 4) is 0 Å². The number of aromatic nitrogens is 6. The van der Waals surface area contributed by atoms with Crippen LogP contribution in [0.3, 0.4) is 0 Å².